The van der Waals surface area contributed by atoms with Crippen molar-refractivity contribution in [2.45, 2.75) is 78.7 Å². The fourth-order valence-corrected chi connectivity index (χ4v) is 3.69. The first kappa shape index (κ1) is 24.1. The summed E-state index contributed by atoms with van der Waals surface area (Å²) in [4.78, 5) is 17.0. The molecule has 1 aromatic rings. The molecular weight excluding hydrogens is 378 g/mol. The van der Waals surface area contributed by atoms with Crippen molar-refractivity contribution < 1.29 is 21.9 Å². The van der Waals surface area contributed by atoms with Gasteiger partial charge in [0.15, 0.2) is 11.6 Å². The molecule has 1 aliphatic carbocycles. The van der Waals surface area contributed by atoms with Crippen LogP contribution in [-0.4, -0.2) is 21.3 Å². The Kier molecular flexibility index (Phi) is 9.97. The molecule has 0 bridgehead atoms. The van der Waals surface area contributed by atoms with E-state index in [1.807, 2.05) is 4.68 Å². The van der Waals surface area contributed by atoms with Gasteiger partial charge in [-0.2, -0.15) is 17.4 Å². The van der Waals surface area contributed by atoms with Crippen molar-refractivity contribution in [2.75, 3.05) is 0 Å². The fraction of sp³-hybridized carbons (Fsp3) is 0.682. The molecule has 1 fully saturated rings. The van der Waals surface area contributed by atoms with Crippen molar-refractivity contribution >= 4 is 17.3 Å². The topological polar surface area (TPSA) is 47.2 Å². The first-order valence-electron chi connectivity index (χ1n) is 10.2. The Hall–Kier alpha value is -0.931. The summed E-state index contributed by atoms with van der Waals surface area (Å²) in [6.07, 6.45) is 9.63. The zero-order chi connectivity index (χ0) is 19.3. The zero-order valence-electron chi connectivity index (χ0n) is 17.4. The van der Waals surface area contributed by atoms with Crippen molar-refractivity contribution in [3.05, 3.63) is 25.6 Å². The fourth-order valence-electron chi connectivity index (χ4n) is 3.69. The van der Waals surface area contributed by atoms with Crippen molar-refractivity contribution in [1.29, 1.82) is 0 Å². The van der Waals surface area contributed by atoms with E-state index in [0.717, 1.165) is 18.6 Å². The van der Waals surface area contributed by atoms with Gasteiger partial charge in [0, 0.05) is 5.71 Å². The van der Waals surface area contributed by atoms with Crippen LogP contribution in [-0.2, 0) is 17.1 Å². The van der Waals surface area contributed by atoms with Gasteiger partial charge < -0.3 is 13.8 Å². The number of ketones is 1. The molecule has 1 heterocycles. The molecule has 0 radical (unpaired) electrons. The van der Waals surface area contributed by atoms with Crippen LogP contribution in [0.15, 0.2) is 11.2 Å². The number of aliphatic imine (C=N–C) groups is 1. The van der Waals surface area contributed by atoms with E-state index in [1.165, 1.54) is 32.1 Å². The van der Waals surface area contributed by atoms with Gasteiger partial charge in [0.25, 0.3) is 0 Å². The van der Waals surface area contributed by atoms with Crippen LogP contribution in [0.25, 0.3) is 0 Å². The second-order valence-electron chi connectivity index (χ2n) is 7.88. The van der Waals surface area contributed by atoms with Gasteiger partial charge in [0.2, 0.25) is 0 Å². The van der Waals surface area contributed by atoms with Gasteiger partial charge in [-0.1, -0.05) is 50.9 Å². The molecular formula is C22H35FeN3O. The molecule has 2 unspecified atom stereocenters. The molecule has 2 rings (SSSR count). The number of nitrogens with zero attached hydrogens (tertiary/aromatic N) is 3. The van der Waals surface area contributed by atoms with Gasteiger partial charge >= 0.3 is 17.1 Å². The quantitative estimate of drug-likeness (QED) is 0.146. The Labute approximate surface area is 176 Å². The first-order chi connectivity index (χ1) is 12.4. The molecule has 0 N–H and O–H groups in total. The third-order valence-electron chi connectivity index (χ3n) is 5.67. The molecule has 0 amide bonds. The van der Waals surface area contributed by atoms with E-state index in [-0.39, 0.29) is 34.8 Å². The van der Waals surface area contributed by atoms with Crippen LogP contribution >= 0.6 is 0 Å². The first-order valence-corrected chi connectivity index (χ1v) is 10.2. The maximum Gasteiger partial charge on any atom is 2.00 e. The van der Waals surface area contributed by atoms with Crippen LogP contribution in [0.3, 0.4) is 0 Å². The number of aromatic nitrogens is 2. The van der Waals surface area contributed by atoms with E-state index < -0.39 is 0 Å². The summed E-state index contributed by atoms with van der Waals surface area (Å²) < 4.78 is 1.94. The Morgan fingerprint density at radius 2 is 2.04 bits per heavy atom. The number of unbranched alkanes of at least 4 members (excludes halogenated alkanes) is 2. The third kappa shape index (κ3) is 6.29. The van der Waals surface area contributed by atoms with Crippen LogP contribution < -0.4 is 0 Å². The molecule has 0 aromatic carbocycles. The summed E-state index contributed by atoms with van der Waals surface area (Å²) in [7, 11) is 0. The number of hydrogen-bond acceptors (Lipinski definition) is 3. The van der Waals surface area contributed by atoms with Gasteiger partial charge in [0.1, 0.15) is 0 Å². The van der Waals surface area contributed by atoms with Gasteiger partial charge in [-0.05, 0) is 27.2 Å². The van der Waals surface area contributed by atoms with E-state index in [4.69, 9.17) is 4.99 Å². The van der Waals surface area contributed by atoms with Crippen LogP contribution in [0.2, 0.25) is 0 Å². The molecule has 5 heteroatoms. The molecule has 1 saturated carbocycles. The minimum absolute atomic E-state index is 0. The van der Waals surface area contributed by atoms with Gasteiger partial charge in [-0.15, -0.1) is 0 Å². The number of rotatable bonds is 11. The standard InChI is InChI=1S/C22H35N3O.Fe/c1-7-9-10-11-15(3)25-22(21(14-23-25)18(6)26)24-17(5)20(8-2)16(4)19-12-13-19;/h14-16,19-20H,2,4,7-13H2,1,3,5-6H3;/q-2;+2/b24-17+;/t15?,16?,20-;/m1./s1. The maximum atomic E-state index is 12.1. The third-order valence-corrected chi connectivity index (χ3v) is 5.67. The summed E-state index contributed by atoms with van der Waals surface area (Å²) in [6, 6.07) is 0.235. The van der Waals surface area contributed by atoms with E-state index in [2.05, 4.69) is 39.7 Å². The Morgan fingerprint density at radius 3 is 2.56 bits per heavy atom. The van der Waals surface area contributed by atoms with E-state index >= 15 is 0 Å². The number of carbonyl (C=O) groups excluding carboxylic acids is 1. The van der Waals surface area contributed by atoms with E-state index in [1.54, 1.807) is 13.1 Å². The summed E-state index contributed by atoms with van der Waals surface area (Å²) in [6.45, 7) is 16.5. The predicted octanol–water partition coefficient (Wildman–Crippen LogP) is 6.02. The van der Waals surface area contributed by atoms with Crippen LogP contribution in [0.5, 0.6) is 0 Å². The van der Waals surface area contributed by atoms with E-state index in [9.17, 15) is 4.79 Å². The molecule has 3 atom stereocenters. The number of hydrogen-bond donors (Lipinski definition) is 0. The monoisotopic (exact) mass is 413 g/mol. The van der Waals surface area contributed by atoms with Crippen LogP contribution in [0.1, 0.15) is 89.0 Å². The van der Waals surface area contributed by atoms with Crippen LogP contribution in [0.4, 0.5) is 5.82 Å². The SMILES string of the molecule is [CH2-]C[C@@H](/C(C)=N/c1c(C(C)=O)cnn1C(C)CCCCC)C([CH2-])C1CC1.[Fe+2]. The number of Topliss-reactive ketones (excluding diaryl/α,β-unsaturated/α-hetero) is 1. The zero-order valence-corrected chi connectivity index (χ0v) is 18.5. The smallest absolute Gasteiger partial charge is 0.343 e. The molecule has 0 spiro atoms. The minimum Gasteiger partial charge on any atom is -0.343 e. The maximum absolute atomic E-state index is 12.1. The Bertz CT molecular complexity index is 634. The van der Waals surface area contributed by atoms with Gasteiger partial charge in [-0.25, -0.2) is 9.67 Å². The average molecular weight is 413 g/mol. The van der Waals surface area contributed by atoms with Gasteiger partial charge in [-0.3, -0.25) is 4.79 Å². The minimum atomic E-state index is 0. The molecule has 0 saturated heterocycles. The molecule has 4 nitrogen and oxygen atoms in total. The van der Waals surface area contributed by atoms with Crippen molar-refractivity contribution in [1.82, 2.24) is 9.78 Å². The van der Waals surface area contributed by atoms with E-state index in [0.29, 0.717) is 23.2 Å². The molecule has 1 aliphatic rings. The Morgan fingerprint density at radius 1 is 1.37 bits per heavy atom. The van der Waals surface area contributed by atoms with Crippen molar-refractivity contribution in [2.24, 2.45) is 22.7 Å². The molecule has 1 aromatic heterocycles. The van der Waals surface area contributed by atoms with Crippen molar-refractivity contribution in [3.8, 4) is 0 Å². The van der Waals surface area contributed by atoms with Crippen molar-refractivity contribution in [3.63, 3.8) is 0 Å². The molecule has 152 valence electrons. The summed E-state index contributed by atoms with van der Waals surface area (Å²) in [5.74, 6) is 2.05. The molecule has 27 heavy (non-hydrogen) atoms. The summed E-state index contributed by atoms with van der Waals surface area (Å²) in [5, 5.41) is 4.50. The summed E-state index contributed by atoms with van der Waals surface area (Å²) in [5.41, 5.74) is 1.64. The normalized spacial score (nSPS) is 17.9. The number of carbonyl (C=O) groups is 1. The Balaban J connectivity index is 0.00000364. The molecule has 0 aliphatic heterocycles. The second kappa shape index (κ2) is 11.2. The van der Waals surface area contributed by atoms with Gasteiger partial charge in [0.05, 0.1) is 17.8 Å². The predicted molar refractivity (Wildman–Crippen MR) is 109 cm³/mol. The summed E-state index contributed by atoms with van der Waals surface area (Å²) >= 11 is 0. The van der Waals surface area contributed by atoms with Crippen LogP contribution in [0, 0.1) is 31.6 Å². The average Bonchev–Trinajstić information content (AvgIpc) is 3.36. The second-order valence-corrected chi connectivity index (χ2v) is 7.88. The largest absolute Gasteiger partial charge is 2.00 e.